The van der Waals surface area contributed by atoms with Gasteiger partial charge in [0, 0.05) is 46.0 Å². The minimum absolute atomic E-state index is 0.111. The van der Waals surface area contributed by atoms with E-state index in [0.29, 0.717) is 5.95 Å². The van der Waals surface area contributed by atoms with Gasteiger partial charge < -0.3 is 15.5 Å². The van der Waals surface area contributed by atoms with Gasteiger partial charge in [-0.1, -0.05) is 12.1 Å². The number of hydrogen-bond donors (Lipinski definition) is 1. The maximum atomic E-state index is 5.88. The Hall–Kier alpha value is -2.41. The highest BCUT2D eigenvalue weighted by molar-refractivity contribution is 5.56. The van der Waals surface area contributed by atoms with E-state index in [1.54, 1.807) is 0 Å². The normalized spacial score (nSPS) is 16.6. The number of aryl methyl sites for hydroxylation is 1. The van der Waals surface area contributed by atoms with E-state index in [1.165, 1.54) is 16.8 Å². The summed E-state index contributed by atoms with van der Waals surface area (Å²) in [5.74, 6) is 1.62. The molecule has 140 valence electrons. The highest BCUT2D eigenvalue weighted by Gasteiger charge is 2.25. The quantitative estimate of drug-likeness (QED) is 0.899. The Kier molecular flexibility index (Phi) is 5.27. The van der Waals surface area contributed by atoms with Gasteiger partial charge in [0.05, 0.1) is 6.04 Å². The Morgan fingerprint density at radius 1 is 1.04 bits per heavy atom. The van der Waals surface area contributed by atoms with Gasteiger partial charge in [0.25, 0.3) is 0 Å². The van der Waals surface area contributed by atoms with Crippen LogP contribution in [0.3, 0.4) is 0 Å². The largest absolute Gasteiger partial charge is 0.369 e. The summed E-state index contributed by atoms with van der Waals surface area (Å²) in [5, 5.41) is 0. The fourth-order valence-corrected chi connectivity index (χ4v) is 3.38. The number of anilines is 3. The van der Waals surface area contributed by atoms with Crippen molar-refractivity contribution in [3.8, 4) is 0 Å². The second kappa shape index (κ2) is 7.45. The van der Waals surface area contributed by atoms with Crippen molar-refractivity contribution < 1.29 is 0 Å². The van der Waals surface area contributed by atoms with Crippen LogP contribution in [0, 0.1) is 13.8 Å². The SMILES string of the molecule is Cc1cccc(N2CCN(C(C)c3nc(N)nc(N(C)C)n3)CC2)c1C. The van der Waals surface area contributed by atoms with Crippen LogP contribution in [-0.4, -0.2) is 60.1 Å². The first-order valence-corrected chi connectivity index (χ1v) is 9.11. The van der Waals surface area contributed by atoms with Crippen molar-refractivity contribution in [3.05, 3.63) is 35.2 Å². The molecule has 0 spiro atoms. The molecule has 1 aliphatic heterocycles. The molecule has 26 heavy (non-hydrogen) atoms. The molecule has 1 saturated heterocycles. The van der Waals surface area contributed by atoms with Gasteiger partial charge in [-0.05, 0) is 38.0 Å². The smallest absolute Gasteiger partial charge is 0.229 e. The standard InChI is InChI=1S/C19H29N7/c1-13-7-6-8-16(14(13)2)26-11-9-25(10-12-26)15(3)17-21-18(20)23-19(22-17)24(4)5/h6-8,15H,9-12H2,1-5H3,(H2,20,21,22,23). The van der Waals surface area contributed by atoms with Crippen LogP contribution in [-0.2, 0) is 0 Å². The van der Waals surface area contributed by atoms with Crippen molar-refractivity contribution in [2.45, 2.75) is 26.8 Å². The molecule has 3 rings (SSSR count). The molecule has 0 bridgehead atoms. The van der Waals surface area contributed by atoms with Gasteiger partial charge in [-0.25, -0.2) is 0 Å². The molecule has 2 heterocycles. The first-order chi connectivity index (χ1) is 12.4. The molecule has 0 radical (unpaired) electrons. The fraction of sp³-hybridized carbons (Fsp3) is 0.526. The van der Waals surface area contributed by atoms with E-state index < -0.39 is 0 Å². The van der Waals surface area contributed by atoms with Crippen LogP contribution in [0.25, 0.3) is 0 Å². The van der Waals surface area contributed by atoms with E-state index in [0.717, 1.165) is 32.0 Å². The van der Waals surface area contributed by atoms with Gasteiger partial charge in [0.15, 0.2) is 5.82 Å². The van der Waals surface area contributed by atoms with Crippen LogP contribution >= 0.6 is 0 Å². The lowest BCUT2D eigenvalue weighted by molar-refractivity contribution is 0.191. The number of piperazine rings is 1. The number of nitrogen functional groups attached to an aromatic ring is 1. The summed E-state index contributed by atoms with van der Waals surface area (Å²) in [6, 6.07) is 6.64. The van der Waals surface area contributed by atoms with Gasteiger partial charge in [0.1, 0.15) is 0 Å². The Morgan fingerprint density at radius 2 is 1.73 bits per heavy atom. The maximum Gasteiger partial charge on any atom is 0.229 e. The first kappa shape index (κ1) is 18.4. The molecule has 1 aromatic heterocycles. The summed E-state index contributed by atoms with van der Waals surface area (Å²) in [6.07, 6.45) is 0. The lowest BCUT2D eigenvalue weighted by atomic mass is 10.1. The number of hydrogen-bond acceptors (Lipinski definition) is 7. The van der Waals surface area contributed by atoms with E-state index in [2.05, 4.69) is 63.7 Å². The van der Waals surface area contributed by atoms with E-state index in [-0.39, 0.29) is 12.0 Å². The van der Waals surface area contributed by atoms with E-state index in [4.69, 9.17) is 5.73 Å². The Morgan fingerprint density at radius 3 is 2.38 bits per heavy atom. The lowest BCUT2D eigenvalue weighted by Gasteiger charge is -2.39. The van der Waals surface area contributed by atoms with Crippen molar-refractivity contribution in [1.29, 1.82) is 0 Å². The zero-order valence-electron chi connectivity index (χ0n) is 16.4. The summed E-state index contributed by atoms with van der Waals surface area (Å²) in [5.41, 5.74) is 9.93. The monoisotopic (exact) mass is 355 g/mol. The van der Waals surface area contributed by atoms with Gasteiger partial charge in [-0.3, -0.25) is 4.90 Å². The number of benzene rings is 1. The van der Waals surface area contributed by atoms with Crippen molar-refractivity contribution in [1.82, 2.24) is 19.9 Å². The number of nitrogens with two attached hydrogens (primary N) is 1. The molecule has 1 unspecified atom stereocenters. The second-order valence-corrected chi connectivity index (χ2v) is 7.16. The minimum Gasteiger partial charge on any atom is -0.369 e. The van der Waals surface area contributed by atoms with Gasteiger partial charge in [0.2, 0.25) is 11.9 Å². The molecule has 1 aromatic carbocycles. The van der Waals surface area contributed by atoms with Crippen LogP contribution in [0.5, 0.6) is 0 Å². The maximum absolute atomic E-state index is 5.88. The third kappa shape index (κ3) is 3.72. The molecular weight excluding hydrogens is 326 g/mol. The molecule has 1 atom stereocenters. The summed E-state index contributed by atoms with van der Waals surface area (Å²) < 4.78 is 0. The van der Waals surface area contributed by atoms with Crippen LogP contribution < -0.4 is 15.5 Å². The van der Waals surface area contributed by atoms with Crippen LogP contribution in [0.1, 0.15) is 29.9 Å². The number of nitrogens with zero attached hydrogens (tertiary/aromatic N) is 6. The molecule has 1 aliphatic rings. The minimum atomic E-state index is 0.111. The van der Waals surface area contributed by atoms with Gasteiger partial charge >= 0.3 is 0 Å². The predicted octanol–water partition coefficient (Wildman–Crippen LogP) is 2.02. The molecule has 2 N–H and O–H groups in total. The fourth-order valence-electron chi connectivity index (χ4n) is 3.38. The molecule has 0 saturated carbocycles. The van der Waals surface area contributed by atoms with Crippen molar-refractivity contribution in [2.24, 2.45) is 0 Å². The summed E-state index contributed by atoms with van der Waals surface area (Å²) >= 11 is 0. The number of aromatic nitrogens is 3. The van der Waals surface area contributed by atoms with Gasteiger partial charge in [-0.2, -0.15) is 15.0 Å². The van der Waals surface area contributed by atoms with Crippen molar-refractivity contribution in [3.63, 3.8) is 0 Å². The average Bonchev–Trinajstić information content (AvgIpc) is 2.63. The lowest BCUT2D eigenvalue weighted by Crippen LogP contribution is -2.47. The molecule has 7 nitrogen and oxygen atoms in total. The second-order valence-electron chi connectivity index (χ2n) is 7.16. The van der Waals surface area contributed by atoms with E-state index in [9.17, 15) is 0 Å². The highest BCUT2D eigenvalue weighted by atomic mass is 15.3. The summed E-state index contributed by atoms with van der Waals surface area (Å²) in [4.78, 5) is 19.9. The predicted molar refractivity (Wildman–Crippen MR) is 107 cm³/mol. The summed E-state index contributed by atoms with van der Waals surface area (Å²) in [6.45, 7) is 10.4. The first-order valence-electron chi connectivity index (χ1n) is 9.11. The zero-order chi connectivity index (χ0) is 18.8. The van der Waals surface area contributed by atoms with E-state index in [1.807, 2.05) is 19.0 Å². The van der Waals surface area contributed by atoms with Crippen LogP contribution in [0.4, 0.5) is 17.6 Å². The van der Waals surface area contributed by atoms with Crippen molar-refractivity contribution in [2.75, 3.05) is 55.8 Å². The zero-order valence-corrected chi connectivity index (χ0v) is 16.4. The van der Waals surface area contributed by atoms with Gasteiger partial charge in [-0.15, -0.1) is 0 Å². The Labute approximate surface area is 155 Å². The Balaban J connectivity index is 1.71. The molecule has 2 aromatic rings. The highest BCUT2D eigenvalue weighted by Crippen LogP contribution is 2.26. The molecule has 1 fully saturated rings. The third-order valence-electron chi connectivity index (χ3n) is 5.21. The third-order valence-corrected chi connectivity index (χ3v) is 5.21. The number of rotatable bonds is 4. The molecule has 0 aliphatic carbocycles. The Bertz CT molecular complexity index is 766. The van der Waals surface area contributed by atoms with Crippen molar-refractivity contribution >= 4 is 17.6 Å². The molecular formula is C19H29N7. The summed E-state index contributed by atoms with van der Waals surface area (Å²) in [7, 11) is 3.82. The average molecular weight is 355 g/mol. The molecule has 0 amide bonds. The molecule has 7 heteroatoms. The van der Waals surface area contributed by atoms with Crippen LogP contribution in [0.15, 0.2) is 18.2 Å². The topological polar surface area (TPSA) is 74.4 Å². The van der Waals surface area contributed by atoms with E-state index >= 15 is 0 Å². The van der Waals surface area contributed by atoms with Crippen LogP contribution in [0.2, 0.25) is 0 Å².